The predicted octanol–water partition coefficient (Wildman–Crippen LogP) is 1.11. The Labute approximate surface area is 138 Å². The Morgan fingerprint density at radius 1 is 1.40 bits per heavy atom. The molecule has 1 saturated heterocycles. The number of halogens is 1. The highest BCUT2D eigenvalue weighted by Crippen LogP contribution is 2.48. The number of guanidine groups is 1. The Balaban J connectivity index is 0.00000147. The third kappa shape index (κ3) is 3.22. The van der Waals surface area contributed by atoms with E-state index in [4.69, 9.17) is 4.74 Å². The van der Waals surface area contributed by atoms with Crippen molar-refractivity contribution in [1.82, 2.24) is 10.6 Å². The van der Waals surface area contributed by atoms with Gasteiger partial charge in [-0.25, -0.2) is 0 Å². The summed E-state index contributed by atoms with van der Waals surface area (Å²) in [5.74, 6) is 1.24. The normalized spacial score (nSPS) is 35.3. The van der Waals surface area contributed by atoms with Gasteiger partial charge in [-0.3, -0.25) is 4.99 Å². The van der Waals surface area contributed by atoms with Crippen LogP contribution in [0.5, 0.6) is 0 Å². The number of aliphatic hydroxyl groups is 1. The van der Waals surface area contributed by atoms with Gasteiger partial charge in [0.15, 0.2) is 5.96 Å². The Kier molecular flexibility index (Phi) is 5.53. The molecule has 0 aromatic carbocycles. The molecule has 3 atom stereocenters. The zero-order valence-electron chi connectivity index (χ0n) is 12.1. The van der Waals surface area contributed by atoms with Gasteiger partial charge in [0.2, 0.25) is 0 Å². The lowest BCUT2D eigenvalue weighted by Crippen LogP contribution is -2.44. The Bertz CT molecular complexity index is 358. The van der Waals surface area contributed by atoms with E-state index in [1.165, 1.54) is 0 Å². The molecule has 3 unspecified atom stereocenters. The molecule has 6 heteroatoms. The minimum atomic E-state index is -0.191. The van der Waals surface area contributed by atoms with Crippen molar-refractivity contribution in [1.29, 1.82) is 0 Å². The third-order valence-electron chi connectivity index (χ3n) is 5.01. The summed E-state index contributed by atoms with van der Waals surface area (Å²) >= 11 is 0. The molecule has 0 aromatic rings. The van der Waals surface area contributed by atoms with Crippen LogP contribution < -0.4 is 10.6 Å². The van der Waals surface area contributed by atoms with E-state index in [-0.39, 0.29) is 35.5 Å². The Morgan fingerprint density at radius 3 is 2.80 bits per heavy atom. The molecule has 3 aliphatic rings. The summed E-state index contributed by atoms with van der Waals surface area (Å²) in [7, 11) is 0. The van der Waals surface area contributed by atoms with Gasteiger partial charge in [-0.05, 0) is 32.6 Å². The summed E-state index contributed by atoms with van der Waals surface area (Å²) in [6.45, 7) is 5.41. The van der Waals surface area contributed by atoms with Crippen LogP contribution in [0.4, 0.5) is 0 Å². The first-order chi connectivity index (χ1) is 9.20. The van der Waals surface area contributed by atoms with Crippen molar-refractivity contribution in [2.75, 3.05) is 26.3 Å². The van der Waals surface area contributed by atoms with E-state index in [0.29, 0.717) is 12.0 Å². The van der Waals surface area contributed by atoms with Crippen molar-refractivity contribution in [2.45, 2.75) is 44.8 Å². The highest BCUT2D eigenvalue weighted by atomic mass is 127. The maximum Gasteiger partial charge on any atom is 0.191 e. The summed E-state index contributed by atoms with van der Waals surface area (Å²) in [5, 5.41) is 17.3. The van der Waals surface area contributed by atoms with Gasteiger partial charge >= 0.3 is 0 Å². The fourth-order valence-corrected chi connectivity index (χ4v) is 3.70. The first kappa shape index (κ1) is 16.3. The molecule has 1 spiro atoms. The van der Waals surface area contributed by atoms with E-state index in [9.17, 15) is 5.11 Å². The fraction of sp³-hybridized carbons (Fsp3) is 0.929. The summed E-state index contributed by atoms with van der Waals surface area (Å²) in [5.41, 5.74) is 0.128. The van der Waals surface area contributed by atoms with E-state index < -0.39 is 0 Å². The number of hydrogen-bond donors (Lipinski definition) is 3. The molecule has 3 rings (SSSR count). The van der Waals surface area contributed by atoms with Gasteiger partial charge in [0.1, 0.15) is 0 Å². The number of ether oxygens (including phenoxy) is 1. The zero-order chi connectivity index (χ0) is 13.3. The summed E-state index contributed by atoms with van der Waals surface area (Å²) in [6, 6.07) is 0.429. The smallest absolute Gasteiger partial charge is 0.191 e. The van der Waals surface area contributed by atoms with Crippen molar-refractivity contribution < 1.29 is 9.84 Å². The third-order valence-corrected chi connectivity index (χ3v) is 5.01. The lowest BCUT2D eigenvalue weighted by molar-refractivity contribution is -0.0553. The largest absolute Gasteiger partial charge is 0.392 e. The molecule has 116 valence electrons. The van der Waals surface area contributed by atoms with Gasteiger partial charge < -0.3 is 20.5 Å². The molecular formula is C14H26IN3O2. The number of hydrogen-bond acceptors (Lipinski definition) is 5. The molecule has 3 N–H and O–H groups in total. The van der Waals surface area contributed by atoms with Crippen LogP contribution in [0.15, 0.2) is 4.99 Å². The Hall–Kier alpha value is -0.0800. The quantitative estimate of drug-likeness (QED) is 0.613. The highest BCUT2D eigenvalue weighted by Gasteiger charge is 2.48. The van der Waals surface area contributed by atoms with Crippen molar-refractivity contribution in [3.63, 3.8) is 0 Å². The fourth-order valence-electron chi connectivity index (χ4n) is 3.70. The van der Waals surface area contributed by atoms with Gasteiger partial charge in [0.25, 0.3) is 0 Å². The number of rotatable bonds is 2. The first-order valence-electron chi connectivity index (χ1n) is 7.50. The second-order valence-electron chi connectivity index (χ2n) is 6.33. The van der Waals surface area contributed by atoms with Gasteiger partial charge in [-0.1, -0.05) is 0 Å². The van der Waals surface area contributed by atoms with Crippen molar-refractivity contribution in [3.8, 4) is 0 Å². The van der Waals surface area contributed by atoms with Crippen LogP contribution in [0.3, 0.4) is 0 Å². The molecule has 2 aliphatic heterocycles. The van der Waals surface area contributed by atoms with Crippen molar-refractivity contribution in [2.24, 2.45) is 16.3 Å². The molecule has 2 heterocycles. The monoisotopic (exact) mass is 395 g/mol. The minimum Gasteiger partial charge on any atom is -0.392 e. The van der Waals surface area contributed by atoms with Gasteiger partial charge in [0.05, 0.1) is 12.6 Å². The van der Waals surface area contributed by atoms with E-state index in [0.717, 1.165) is 57.9 Å². The van der Waals surface area contributed by atoms with Gasteiger partial charge in [-0.2, -0.15) is 0 Å². The average molecular weight is 395 g/mol. The molecular weight excluding hydrogens is 369 g/mol. The SMILES string of the molecule is CC1CN=C(NCC2CCC3(CCOCC3)C2O)N1.I. The molecule has 2 fully saturated rings. The summed E-state index contributed by atoms with van der Waals surface area (Å²) < 4.78 is 5.44. The van der Waals surface area contributed by atoms with Crippen LogP contribution in [0.1, 0.15) is 32.6 Å². The number of nitrogens with zero attached hydrogens (tertiary/aromatic N) is 1. The lowest BCUT2D eigenvalue weighted by atomic mass is 9.76. The molecule has 5 nitrogen and oxygen atoms in total. The van der Waals surface area contributed by atoms with E-state index in [1.807, 2.05) is 0 Å². The standard InChI is InChI=1S/C14H25N3O2.HI/c1-10-8-15-13(17-10)16-9-11-2-3-14(12(11)18)4-6-19-7-5-14;/h10-12,18H,2-9H2,1H3,(H2,15,16,17);1H. The number of aliphatic hydroxyl groups excluding tert-OH is 1. The van der Waals surface area contributed by atoms with Crippen LogP contribution in [0.25, 0.3) is 0 Å². The Morgan fingerprint density at radius 2 is 2.15 bits per heavy atom. The number of aliphatic imine (C=N–C) groups is 1. The zero-order valence-corrected chi connectivity index (χ0v) is 14.4. The van der Waals surface area contributed by atoms with Gasteiger partial charge in [0, 0.05) is 37.1 Å². The van der Waals surface area contributed by atoms with Crippen LogP contribution in [-0.2, 0) is 4.74 Å². The van der Waals surface area contributed by atoms with Crippen LogP contribution in [0, 0.1) is 11.3 Å². The lowest BCUT2D eigenvalue weighted by Gasteiger charge is -2.37. The van der Waals surface area contributed by atoms with E-state index in [2.05, 4.69) is 22.5 Å². The molecule has 0 amide bonds. The maximum absolute atomic E-state index is 10.6. The second kappa shape index (κ2) is 6.79. The molecule has 1 aliphatic carbocycles. The molecule has 0 bridgehead atoms. The van der Waals surface area contributed by atoms with Crippen LogP contribution in [-0.4, -0.2) is 49.5 Å². The van der Waals surface area contributed by atoms with Crippen LogP contribution in [0.2, 0.25) is 0 Å². The minimum absolute atomic E-state index is 0. The highest BCUT2D eigenvalue weighted by molar-refractivity contribution is 14.0. The average Bonchev–Trinajstić information content (AvgIpc) is 2.96. The molecule has 0 radical (unpaired) electrons. The second-order valence-corrected chi connectivity index (χ2v) is 6.33. The topological polar surface area (TPSA) is 65.9 Å². The van der Waals surface area contributed by atoms with Crippen LogP contribution >= 0.6 is 24.0 Å². The summed E-state index contributed by atoms with van der Waals surface area (Å²) in [4.78, 5) is 4.40. The predicted molar refractivity (Wildman–Crippen MR) is 89.5 cm³/mol. The van der Waals surface area contributed by atoms with E-state index in [1.54, 1.807) is 0 Å². The maximum atomic E-state index is 10.6. The van der Waals surface area contributed by atoms with Crippen molar-refractivity contribution >= 4 is 29.9 Å². The number of nitrogens with one attached hydrogen (secondary N) is 2. The molecule has 1 saturated carbocycles. The van der Waals surface area contributed by atoms with E-state index >= 15 is 0 Å². The summed E-state index contributed by atoms with van der Waals surface area (Å²) in [6.07, 6.45) is 4.09. The van der Waals surface area contributed by atoms with Gasteiger partial charge in [-0.15, -0.1) is 24.0 Å². The first-order valence-corrected chi connectivity index (χ1v) is 7.50. The van der Waals surface area contributed by atoms with Crippen molar-refractivity contribution in [3.05, 3.63) is 0 Å². The molecule has 0 aromatic heterocycles. The molecule has 20 heavy (non-hydrogen) atoms.